The lowest BCUT2D eigenvalue weighted by Crippen LogP contribution is -2.40. The molecular weight excluding hydrogens is 306 g/mol. The molecule has 1 aliphatic rings. The summed E-state index contributed by atoms with van der Waals surface area (Å²) in [5.74, 6) is 1.21. The van der Waals surface area contributed by atoms with Crippen LogP contribution in [0.25, 0.3) is 0 Å². The van der Waals surface area contributed by atoms with Crippen LogP contribution >= 0.6 is 0 Å². The van der Waals surface area contributed by atoms with E-state index in [1.54, 1.807) is 25.4 Å². The maximum absolute atomic E-state index is 12.4. The van der Waals surface area contributed by atoms with Gasteiger partial charge in [-0.1, -0.05) is 18.2 Å². The predicted molar refractivity (Wildman–Crippen MR) is 91.4 cm³/mol. The maximum Gasteiger partial charge on any atom is 0.322 e. The zero-order valence-electron chi connectivity index (χ0n) is 13.6. The van der Waals surface area contributed by atoms with Crippen LogP contribution in [0.3, 0.4) is 0 Å². The van der Waals surface area contributed by atoms with Crippen LogP contribution in [0, 0.1) is 0 Å². The SMILES string of the molecule is COCC1CCCN1C(=O)Nc1ccc(Oc2ccccc2)nc1. The molecule has 2 aromatic rings. The fraction of sp³-hybridized carbons (Fsp3) is 0.333. The monoisotopic (exact) mass is 327 g/mol. The molecule has 0 saturated carbocycles. The van der Waals surface area contributed by atoms with Crippen LogP contribution in [0.1, 0.15) is 12.8 Å². The number of nitrogens with one attached hydrogen (secondary N) is 1. The molecule has 0 aliphatic carbocycles. The summed E-state index contributed by atoms with van der Waals surface area (Å²) in [6.07, 6.45) is 3.57. The van der Waals surface area contributed by atoms with Crippen molar-refractivity contribution in [2.45, 2.75) is 18.9 Å². The van der Waals surface area contributed by atoms with Gasteiger partial charge in [0, 0.05) is 19.7 Å². The van der Waals surface area contributed by atoms with Gasteiger partial charge in [-0.2, -0.15) is 0 Å². The van der Waals surface area contributed by atoms with E-state index in [0.29, 0.717) is 18.2 Å². The van der Waals surface area contributed by atoms with Gasteiger partial charge in [-0.15, -0.1) is 0 Å². The molecule has 2 amide bonds. The topological polar surface area (TPSA) is 63.7 Å². The van der Waals surface area contributed by atoms with E-state index in [0.717, 1.165) is 25.1 Å². The van der Waals surface area contributed by atoms with Crippen molar-refractivity contribution in [2.24, 2.45) is 0 Å². The van der Waals surface area contributed by atoms with Crippen molar-refractivity contribution >= 4 is 11.7 Å². The number of pyridine rings is 1. The van der Waals surface area contributed by atoms with Gasteiger partial charge in [0.05, 0.1) is 24.5 Å². The third kappa shape index (κ3) is 4.02. The summed E-state index contributed by atoms with van der Waals surface area (Å²) in [5.41, 5.74) is 0.642. The molecule has 24 heavy (non-hydrogen) atoms. The number of benzene rings is 1. The van der Waals surface area contributed by atoms with E-state index in [4.69, 9.17) is 9.47 Å². The average molecular weight is 327 g/mol. The van der Waals surface area contributed by atoms with Crippen molar-refractivity contribution in [3.8, 4) is 11.6 Å². The smallest absolute Gasteiger partial charge is 0.322 e. The summed E-state index contributed by atoms with van der Waals surface area (Å²) in [6.45, 7) is 1.32. The van der Waals surface area contributed by atoms with Gasteiger partial charge in [-0.3, -0.25) is 0 Å². The number of ether oxygens (including phenoxy) is 2. The lowest BCUT2D eigenvalue weighted by atomic mass is 10.2. The number of hydrogen-bond acceptors (Lipinski definition) is 4. The fourth-order valence-electron chi connectivity index (χ4n) is 2.79. The first kappa shape index (κ1) is 16.3. The number of likely N-dealkylation sites (tertiary alicyclic amines) is 1. The van der Waals surface area contributed by atoms with Crippen LogP contribution in [0.4, 0.5) is 10.5 Å². The van der Waals surface area contributed by atoms with E-state index in [1.165, 1.54) is 0 Å². The van der Waals surface area contributed by atoms with E-state index in [2.05, 4.69) is 10.3 Å². The molecule has 1 atom stereocenters. The standard InChI is InChI=1S/C18H21N3O3/c1-23-13-15-6-5-11-21(15)18(22)20-14-9-10-17(19-12-14)24-16-7-3-2-4-8-16/h2-4,7-10,12,15H,5-6,11,13H2,1H3,(H,20,22). The van der Waals surface area contributed by atoms with Crippen LogP contribution in [0.15, 0.2) is 48.7 Å². The number of anilines is 1. The predicted octanol–water partition coefficient (Wildman–Crippen LogP) is 3.52. The largest absolute Gasteiger partial charge is 0.439 e. The Morgan fingerprint density at radius 1 is 1.29 bits per heavy atom. The zero-order valence-corrected chi connectivity index (χ0v) is 13.6. The molecule has 3 rings (SSSR count). The summed E-state index contributed by atoms with van der Waals surface area (Å²) in [4.78, 5) is 18.4. The van der Waals surface area contributed by atoms with Gasteiger partial charge in [0.15, 0.2) is 0 Å². The highest BCUT2D eigenvalue weighted by Crippen LogP contribution is 2.21. The molecule has 0 bridgehead atoms. The molecule has 1 unspecified atom stereocenters. The Labute approximate surface area is 141 Å². The van der Waals surface area contributed by atoms with E-state index >= 15 is 0 Å². The normalized spacial score (nSPS) is 16.9. The number of aromatic nitrogens is 1. The molecule has 6 nitrogen and oxygen atoms in total. The second-order valence-electron chi connectivity index (χ2n) is 5.68. The molecule has 0 spiro atoms. The first-order valence-corrected chi connectivity index (χ1v) is 8.02. The highest BCUT2D eigenvalue weighted by molar-refractivity contribution is 5.89. The van der Waals surface area contributed by atoms with E-state index in [9.17, 15) is 4.79 Å². The van der Waals surface area contributed by atoms with Crippen molar-refractivity contribution < 1.29 is 14.3 Å². The van der Waals surface area contributed by atoms with Crippen LogP contribution in [0.2, 0.25) is 0 Å². The van der Waals surface area contributed by atoms with Gasteiger partial charge >= 0.3 is 6.03 Å². The first-order chi connectivity index (χ1) is 11.8. The minimum Gasteiger partial charge on any atom is -0.439 e. The molecule has 1 aromatic carbocycles. The van der Waals surface area contributed by atoms with Gasteiger partial charge in [-0.05, 0) is 31.0 Å². The number of amides is 2. The molecule has 1 aliphatic heterocycles. The van der Waals surface area contributed by atoms with Gasteiger partial charge in [0.2, 0.25) is 5.88 Å². The van der Waals surface area contributed by atoms with E-state index in [1.807, 2.05) is 35.2 Å². The Balaban J connectivity index is 1.58. The average Bonchev–Trinajstić information content (AvgIpc) is 3.06. The molecule has 6 heteroatoms. The quantitative estimate of drug-likeness (QED) is 0.912. The number of methoxy groups -OCH3 is 1. The number of nitrogens with zero attached hydrogens (tertiary/aromatic N) is 2. The molecular formula is C18H21N3O3. The number of rotatable bonds is 5. The van der Waals surface area contributed by atoms with Crippen LogP contribution in [-0.2, 0) is 4.74 Å². The number of carbonyl (C=O) groups excluding carboxylic acids is 1. The van der Waals surface area contributed by atoms with Gasteiger partial charge in [-0.25, -0.2) is 9.78 Å². The molecule has 1 N–H and O–H groups in total. The number of carbonyl (C=O) groups is 1. The highest BCUT2D eigenvalue weighted by Gasteiger charge is 2.28. The van der Waals surface area contributed by atoms with Crippen molar-refractivity contribution in [2.75, 3.05) is 25.6 Å². The number of para-hydroxylation sites is 1. The number of hydrogen-bond donors (Lipinski definition) is 1. The highest BCUT2D eigenvalue weighted by atomic mass is 16.5. The molecule has 0 radical (unpaired) electrons. The lowest BCUT2D eigenvalue weighted by molar-refractivity contribution is 0.128. The molecule has 1 fully saturated rings. The Hall–Kier alpha value is -2.60. The Morgan fingerprint density at radius 2 is 2.12 bits per heavy atom. The number of urea groups is 1. The summed E-state index contributed by atoms with van der Waals surface area (Å²) in [6, 6.07) is 13.0. The van der Waals surface area contributed by atoms with Crippen LogP contribution in [0.5, 0.6) is 11.6 Å². The second kappa shape index (κ2) is 7.79. The minimum atomic E-state index is -0.118. The minimum absolute atomic E-state index is 0.118. The zero-order chi connectivity index (χ0) is 16.8. The summed E-state index contributed by atoms with van der Waals surface area (Å²) < 4.78 is 10.8. The van der Waals surface area contributed by atoms with Crippen molar-refractivity contribution in [3.63, 3.8) is 0 Å². The Kier molecular flexibility index (Phi) is 5.28. The maximum atomic E-state index is 12.4. The third-order valence-electron chi connectivity index (χ3n) is 3.95. The summed E-state index contributed by atoms with van der Waals surface area (Å²) in [5, 5.41) is 2.88. The summed E-state index contributed by atoms with van der Waals surface area (Å²) >= 11 is 0. The Bertz CT molecular complexity index is 661. The van der Waals surface area contributed by atoms with Gasteiger partial charge in [0.1, 0.15) is 5.75 Å². The second-order valence-corrected chi connectivity index (χ2v) is 5.68. The van der Waals surface area contributed by atoms with Gasteiger partial charge < -0.3 is 19.7 Å². The molecule has 126 valence electrons. The molecule has 1 saturated heterocycles. The molecule has 2 heterocycles. The molecule has 1 aromatic heterocycles. The Morgan fingerprint density at radius 3 is 2.83 bits per heavy atom. The van der Waals surface area contributed by atoms with E-state index < -0.39 is 0 Å². The van der Waals surface area contributed by atoms with Crippen molar-refractivity contribution in [1.82, 2.24) is 9.88 Å². The van der Waals surface area contributed by atoms with Crippen LogP contribution < -0.4 is 10.1 Å². The van der Waals surface area contributed by atoms with Crippen molar-refractivity contribution in [1.29, 1.82) is 0 Å². The van der Waals surface area contributed by atoms with Crippen LogP contribution in [-0.4, -0.2) is 42.2 Å². The lowest BCUT2D eigenvalue weighted by Gasteiger charge is -2.24. The van der Waals surface area contributed by atoms with Crippen molar-refractivity contribution in [3.05, 3.63) is 48.7 Å². The summed E-state index contributed by atoms with van der Waals surface area (Å²) in [7, 11) is 1.66. The van der Waals surface area contributed by atoms with Gasteiger partial charge in [0.25, 0.3) is 0 Å². The third-order valence-corrected chi connectivity index (χ3v) is 3.95. The fourth-order valence-corrected chi connectivity index (χ4v) is 2.79. The first-order valence-electron chi connectivity index (χ1n) is 8.02. The van der Waals surface area contributed by atoms with E-state index in [-0.39, 0.29) is 12.1 Å².